The molecule has 0 aromatic carbocycles. The second-order valence-corrected chi connectivity index (χ2v) is 8.92. The van der Waals surface area contributed by atoms with Crippen molar-refractivity contribution in [3.05, 3.63) is 16.7 Å². The lowest BCUT2D eigenvalue weighted by Gasteiger charge is -2.39. The number of anilines is 1. The highest BCUT2D eigenvalue weighted by molar-refractivity contribution is 6.28. The van der Waals surface area contributed by atoms with Gasteiger partial charge in [-0.05, 0) is 51.3 Å². The van der Waals surface area contributed by atoms with Crippen LogP contribution in [0.5, 0.6) is 0 Å². The number of likely N-dealkylation sites (tertiary alicyclic amines) is 1. The molecule has 0 N–H and O–H groups in total. The largest absolute Gasteiger partial charge is 0.378 e. The molecule has 0 atom stereocenters. The first-order chi connectivity index (χ1) is 13.3. The summed E-state index contributed by atoms with van der Waals surface area (Å²) in [5.74, 6) is 1.72. The molecule has 2 fully saturated rings. The van der Waals surface area contributed by atoms with Crippen LogP contribution >= 0.6 is 11.6 Å². The van der Waals surface area contributed by atoms with Crippen molar-refractivity contribution in [2.24, 2.45) is 7.05 Å². The quantitative estimate of drug-likeness (QED) is 0.717. The van der Waals surface area contributed by atoms with E-state index < -0.39 is 0 Å². The number of rotatable bonds is 2. The first-order valence-electron chi connectivity index (χ1n) is 10.00. The molecular formula is C20H29ClN6O. The molecular weight excluding hydrogens is 376 g/mol. The highest BCUT2D eigenvalue weighted by Gasteiger charge is 2.25. The summed E-state index contributed by atoms with van der Waals surface area (Å²) in [7, 11) is 2.00. The van der Waals surface area contributed by atoms with Crippen LogP contribution in [-0.2, 0) is 11.8 Å². The molecule has 4 rings (SSSR count). The molecule has 8 heteroatoms. The lowest BCUT2D eigenvalue weighted by molar-refractivity contribution is 0.122. The van der Waals surface area contributed by atoms with Crippen LogP contribution in [0.3, 0.4) is 0 Å². The van der Waals surface area contributed by atoms with Crippen LogP contribution in [-0.4, -0.2) is 69.4 Å². The second-order valence-electron chi connectivity index (χ2n) is 8.58. The van der Waals surface area contributed by atoms with Gasteiger partial charge in [0.25, 0.3) is 0 Å². The lowest BCUT2D eigenvalue weighted by atomic mass is 9.97. The summed E-state index contributed by atoms with van der Waals surface area (Å²) < 4.78 is 7.49. The van der Waals surface area contributed by atoms with E-state index in [4.69, 9.17) is 21.3 Å². The van der Waals surface area contributed by atoms with Crippen LogP contribution < -0.4 is 4.90 Å². The van der Waals surface area contributed by atoms with E-state index >= 15 is 0 Å². The van der Waals surface area contributed by atoms with E-state index in [-0.39, 0.29) is 10.8 Å². The first-order valence-corrected chi connectivity index (χ1v) is 10.4. The molecule has 2 aromatic heterocycles. The summed E-state index contributed by atoms with van der Waals surface area (Å²) in [4.78, 5) is 18.6. The van der Waals surface area contributed by atoms with Crippen LogP contribution in [0.1, 0.15) is 39.4 Å². The highest BCUT2D eigenvalue weighted by atomic mass is 35.5. The number of imidazole rings is 1. The highest BCUT2D eigenvalue weighted by Crippen LogP contribution is 2.29. The average Bonchev–Trinajstić information content (AvgIpc) is 2.97. The Morgan fingerprint density at radius 2 is 1.68 bits per heavy atom. The van der Waals surface area contributed by atoms with E-state index in [9.17, 15) is 0 Å². The summed E-state index contributed by atoms with van der Waals surface area (Å²) in [5.41, 5.74) is 3.25. The standard InChI is InChI=1S/C20H29ClN6O/c1-20(2,3)27-7-5-14(6-8-27)13-15-22-16-17(25(15)4)23-19(21)24-18(16)26-9-11-28-12-10-26/h13H,5-12H2,1-4H3. The Kier molecular flexibility index (Phi) is 5.33. The topological polar surface area (TPSA) is 59.3 Å². The SMILES string of the molecule is Cn1c(C=C2CCN(C(C)(C)C)CC2)nc2c(N3CCOCC3)nc(Cl)nc21. The smallest absolute Gasteiger partial charge is 0.226 e. The zero-order valence-corrected chi connectivity index (χ0v) is 18.0. The molecule has 2 aromatic rings. The molecule has 0 unspecified atom stereocenters. The third kappa shape index (κ3) is 3.88. The van der Waals surface area contributed by atoms with Gasteiger partial charge in [-0.1, -0.05) is 5.57 Å². The molecule has 2 saturated heterocycles. The summed E-state index contributed by atoms with van der Waals surface area (Å²) in [6.07, 6.45) is 4.37. The third-order valence-corrected chi connectivity index (χ3v) is 5.87. The van der Waals surface area contributed by atoms with Crippen molar-refractivity contribution < 1.29 is 4.74 Å². The van der Waals surface area contributed by atoms with Gasteiger partial charge >= 0.3 is 0 Å². The maximum absolute atomic E-state index is 6.23. The number of nitrogens with zero attached hydrogens (tertiary/aromatic N) is 6. The van der Waals surface area contributed by atoms with Crippen molar-refractivity contribution in [1.29, 1.82) is 0 Å². The van der Waals surface area contributed by atoms with Gasteiger partial charge in [-0.25, -0.2) is 4.98 Å². The van der Waals surface area contributed by atoms with Gasteiger partial charge in [0, 0.05) is 38.8 Å². The van der Waals surface area contributed by atoms with Crippen molar-refractivity contribution in [2.75, 3.05) is 44.3 Å². The number of hydrogen-bond donors (Lipinski definition) is 0. The Hall–Kier alpha value is -1.70. The molecule has 0 saturated carbocycles. The van der Waals surface area contributed by atoms with E-state index in [0.29, 0.717) is 13.2 Å². The fraction of sp³-hybridized carbons (Fsp3) is 0.650. The van der Waals surface area contributed by atoms with E-state index in [1.807, 2.05) is 11.6 Å². The van der Waals surface area contributed by atoms with Gasteiger partial charge in [0.05, 0.1) is 13.2 Å². The van der Waals surface area contributed by atoms with Gasteiger partial charge in [0.15, 0.2) is 17.0 Å². The Morgan fingerprint density at radius 3 is 2.32 bits per heavy atom. The molecule has 2 aliphatic heterocycles. The molecule has 0 spiro atoms. The van der Waals surface area contributed by atoms with E-state index in [2.05, 4.69) is 46.6 Å². The van der Waals surface area contributed by atoms with Crippen molar-refractivity contribution in [3.63, 3.8) is 0 Å². The van der Waals surface area contributed by atoms with Gasteiger partial charge in [-0.3, -0.25) is 4.90 Å². The summed E-state index contributed by atoms with van der Waals surface area (Å²) in [6.45, 7) is 12.0. The number of morpholine rings is 1. The number of aromatic nitrogens is 4. The van der Waals surface area contributed by atoms with E-state index in [1.165, 1.54) is 5.57 Å². The number of piperidine rings is 1. The van der Waals surface area contributed by atoms with E-state index in [0.717, 1.165) is 61.8 Å². The van der Waals surface area contributed by atoms with Gasteiger partial charge in [0.2, 0.25) is 5.28 Å². The zero-order valence-electron chi connectivity index (χ0n) is 17.2. The van der Waals surface area contributed by atoms with Crippen molar-refractivity contribution >= 4 is 34.7 Å². The third-order valence-electron chi connectivity index (χ3n) is 5.71. The Morgan fingerprint density at radius 1 is 1.00 bits per heavy atom. The van der Waals surface area contributed by atoms with Gasteiger partial charge in [-0.2, -0.15) is 9.97 Å². The minimum Gasteiger partial charge on any atom is -0.378 e. The summed E-state index contributed by atoms with van der Waals surface area (Å²) in [5, 5.41) is 0.259. The number of fused-ring (bicyclic) bond motifs is 1. The second kappa shape index (κ2) is 7.61. The Labute approximate surface area is 171 Å². The van der Waals surface area contributed by atoms with Crippen LogP contribution in [0.4, 0.5) is 5.82 Å². The number of ether oxygens (including phenoxy) is 1. The van der Waals surface area contributed by atoms with Crippen molar-refractivity contribution in [2.45, 2.75) is 39.2 Å². The monoisotopic (exact) mass is 404 g/mol. The predicted molar refractivity (Wildman–Crippen MR) is 113 cm³/mol. The van der Waals surface area contributed by atoms with Crippen molar-refractivity contribution in [3.8, 4) is 0 Å². The van der Waals surface area contributed by atoms with Gasteiger partial charge in [-0.15, -0.1) is 0 Å². The number of aryl methyl sites for hydroxylation is 1. The first kappa shape index (κ1) is 19.6. The molecule has 28 heavy (non-hydrogen) atoms. The van der Waals surface area contributed by atoms with Crippen LogP contribution in [0.2, 0.25) is 5.28 Å². The van der Waals surface area contributed by atoms with E-state index in [1.54, 1.807) is 0 Å². The predicted octanol–water partition coefficient (Wildman–Crippen LogP) is 3.13. The summed E-state index contributed by atoms with van der Waals surface area (Å²) in [6, 6.07) is 0. The van der Waals surface area contributed by atoms with Gasteiger partial charge < -0.3 is 14.2 Å². The molecule has 0 radical (unpaired) electrons. The molecule has 0 amide bonds. The van der Waals surface area contributed by atoms with Crippen molar-refractivity contribution in [1.82, 2.24) is 24.4 Å². The molecule has 152 valence electrons. The zero-order chi connectivity index (χ0) is 19.9. The molecule has 0 bridgehead atoms. The maximum Gasteiger partial charge on any atom is 0.226 e. The van der Waals surface area contributed by atoms with Gasteiger partial charge in [0.1, 0.15) is 5.82 Å². The maximum atomic E-state index is 6.23. The molecule has 2 aliphatic rings. The fourth-order valence-electron chi connectivity index (χ4n) is 3.95. The molecule has 4 heterocycles. The van der Waals surface area contributed by atoms with Crippen LogP contribution in [0.25, 0.3) is 17.2 Å². The number of hydrogen-bond acceptors (Lipinski definition) is 6. The molecule has 0 aliphatic carbocycles. The summed E-state index contributed by atoms with van der Waals surface area (Å²) >= 11 is 6.23. The Bertz CT molecular complexity index is 884. The normalized spacial score (nSPS) is 19.5. The minimum atomic E-state index is 0.225. The number of halogens is 1. The molecule has 7 nitrogen and oxygen atoms in total. The lowest BCUT2D eigenvalue weighted by Crippen LogP contribution is -2.44. The van der Waals surface area contributed by atoms with Crippen LogP contribution in [0.15, 0.2) is 5.57 Å². The average molecular weight is 405 g/mol. The fourth-order valence-corrected chi connectivity index (χ4v) is 4.11. The Balaban J connectivity index is 1.65. The minimum absolute atomic E-state index is 0.225. The van der Waals surface area contributed by atoms with Crippen LogP contribution in [0, 0.1) is 0 Å².